The van der Waals surface area contributed by atoms with Crippen LogP contribution in [0.4, 0.5) is 0 Å². The summed E-state index contributed by atoms with van der Waals surface area (Å²) in [6.45, 7) is 16.0. The minimum absolute atomic E-state index is 0.00195. The van der Waals surface area contributed by atoms with Crippen molar-refractivity contribution in [3.8, 4) is 0 Å². The Kier molecular flexibility index (Phi) is 3.78. The van der Waals surface area contributed by atoms with Crippen molar-refractivity contribution < 1.29 is 9.47 Å². The van der Waals surface area contributed by atoms with Crippen LogP contribution in [0, 0.1) is 6.07 Å². The Hall–Kier alpha value is -1.84. The molecule has 0 aliphatic carbocycles. The van der Waals surface area contributed by atoms with E-state index in [-0.39, 0.29) is 16.5 Å². The zero-order chi connectivity index (χ0) is 17.8. The van der Waals surface area contributed by atoms with Crippen molar-refractivity contribution in [2.24, 2.45) is 9.98 Å². The number of hydrogen-bond acceptors (Lipinski definition) is 4. The minimum Gasteiger partial charge on any atom is -0.475 e. The van der Waals surface area contributed by atoms with Crippen molar-refractivity contribution in [3.05, 3.63) is 34.9 Å². The highest BCUT2D eigenvalue weighted by Crippen LogP contribution is 2.29. The van der Waals surface area contributed by atoms with Gasteiger partial charge in [0.15, 0.2) is 0 Å². The third kappa shape index (κ3) is 3.47. The van der Waals surface area contributed by atoms with E-state index < -0.39 is 0 Å². The van der Waals surface area contributed by atoms with Gasteiger partial charge in [-0.1, -0.05) is 20.8 Å². The Balaban J connectivity index is 2.09. The summed E-state index contributed by atoms with van der Waals surface area (Å²) in [6.07, 6.45) is 0. The van der Waals surface area contributed by atoms with Crippen molar-refractivity contribution in [2.75, 3.05) is 13.2 Å². The highest BCUT2D eigenvalue weighted by atomic mass is 16.5. The number of benzene rings is 1. The third-order valence-corrected chi connectivity index (χ3v) is 4.13. The van der Waals surface area contributed by atoms with Gasteiger partial charge in [0.2, 0.25) is 11.8 Å². The number of aliphatic imine (C=N–C) groups is 2. The fourth-order valence-corrected chi connectivity index (χ4v) is 2.68. The van der Waals surface area contributed by atoms with Crippen molar-refractivity contribution in [2.45, 2.75) is 65.0 Å². The topological polar surface area (TPSA) is 43.2 Å². The second-order valence-electron chi connectivity index (χ2n) is 8.98. The molecule has 0 fully saturated rings. The molecule has 0 aromatic heterocycles. The summed E-state index contributed by atoms with van der Waals surface area (Å²) in [5, 5.41) is 0. The van der Waals surface area contributed by atoms with Crippen LogP contribution in [0.3, 0.4) is 0 Å². The van der Waals surface area contributed by atoms with Gasteiger partial charge in [-0.3, -0.25) is 0 Å². The summed E-state index contributed by atoms with van der Waals surface area (Å²) in [5.41, 5.74) is 2.56. The largest absolute Gasteiger partial charge is 0.475 e. The number of rotatable bonds is 2. The standard InChI is InChI=1S/C20H27N2O2/c1-18(2,3)15-9-13(16-21-19(4,5)11-23-16)8-14(10-15)17-22-20(6,7)12-24-17/h9-10H,11-12H2,1-7H3. The molecule has 0 amide bonds. The zero-order valence-electron chi connectivity index (χ0n) is 15.8. The van der Waals surface area contributed by atoms with Gasteiger partial charge in [0.05, 0.1) is 11.1 Å². The smallest absolute Gasteiger partial charge is 0.217 e. The predicted molar refractivity (Wildman–Crippen MR) is 97.1 cm³/mol. The lowest BCUT2D eigenvalue weighted by Gasteiger charge is -2.21. The van der Waals surface area contributed by atoms with Gasteiger partial charge in [-0.15, -0.1) is 0 Å². The second kappa shape index (κ2) is 5.33. The van der Waals surface area contributed by atoms with Crippen LogP contribution in [0.1, 0.15) is 65.2 Å². The Morgan fingerprint density at radius 2 is 1.29 bits per heavy atom. The van der Waals surface area contributed by atoms with Gasteiger partial charge in [0, 0.05) is 17.2 Å². The quantitative estimate of drug-likeness (QED) is 0.827. The molecule has 0 atom stereocenters. The van der Waals surface area contributed by atoms with Crippen molar-refractivity contribution in [1.29, 1.82) is 0 Å². The Bertz CT molecular complexity index is 669. The van der Waals surface area contributed by atoms with Crippen LogP contribution in [0.5, 0.6) is 0 Å². The summed E-state index contributed by atoms with van der Waals surface area (Å²) >= 11 is 0. The number of nitrogens with zero attached hydrogens (tertiary/aromatic N) is 2. The van der Waals surface area contributed by atoms with E-state index in [1.54, 1.807) is 0 Å². The molecule has 0 N–H and O–H groups in total. The molecule has 0 bridgehead atoms. The van der Waals surface area contributed by atoms with Crippen molar-refractivity contribution >= 4 is 11.8 Å². The molecule has 3 rings (SSSR count). The molecule has 0 saturated carbocycles. The Morgan fingerprint density at radius 1 is 0.875 bits per heavy atom. The van der Waals surface area contributed by atoms with Gasteiger partial charge in [-0.2, -0.15) is 0 Å². The maximum absolute atomic E-state index is 5.82. The van der Waals surface area contributed by atoms with Crippen LogP contribution in [-0.2, 0) is 14.9 Å². The van der Waals surface area contributed by atoms with Gasteiger partial charge >= 0.3 is 0 Å². The fraction of sp³-hybridized carbons (Fsp3) is 0.600. The van der Waals surface area contributed by atoms with Crippen LogP contribution >= 0.6 is 0 Å². The summed E-state index contributed by atoms with van der Waals surface area (Å²) < 4.78 is 11.6. The number of ether oxygens (including phenoxy) is 2. The first-order valence-electron chi connectivity index (χ1n) is 8.49. The minimum atomic E-state index is -0.190. The molecular weight excluding hydrogens is 300 g/mol. The molecule has 1 aromatic carbocycles. The van der Waals surface area contributed by atoms with Crippen LogP contribution in [-0.4, -0.2) is 36.1 Å². The van der Waals surface area contributed by atoms with E-state index >= 15 is 0 Å². The van der Waals surface area contributed by atoms with E-state index in [0.717, 1.165) is 11.1 Å². The van der Waals surface area contributed by atoms with E-state index in [2.05, 4.69) is 66.7 Å². The lowest BCUT2D eigenvalue weighted by Crippen LogP contribution is -2.17. The normalized spacial score (nSPS) is 21.8. The molecule has 0 unspecified atom stereocenters. The lowest BCUT2D eigenvalue weighted by atomic mass is 9.85. The molecule has 4 nitrogen and oxygen atoms in total. The van der Waals surface area contributed by atoms with Gasteiger partial charge in [-0.25, -0.2) is 9.98 Å². The summed E-state index contributed by atoms with van der Waals surface area (Å²) in [4.78, 5) is 9.39. The van der Waals surface area contributed by atoms with E-state index in [9.17, 15) is 0 Å². The molecule has 0 spiro atoms. The third-order valence-electron chi connectivity index (χ3n) is 4.13. The monoisotopic (exact) mass is 327 g/mol. The molecule has 1 radical (unpaired) electrons. The Labute approximate surface area is 145 Å². The molecule has 1 aromatic rings. The van der Waals surface area contributed by atoms with Gasteiger partial charge in [0.25, 0.3) is 0 Å². The molecule has 0 saturated heterocycles. The van der Waals surface area contributed by atoms with E-state index in [4.69, 9.17) is 19.5 Å². The van der Waals surface area contributed by atoms with E-state index in [1.807, 2.05) is 0 Å². The van der Waals surface area contributed by atoms with Crippen LogP contribution in [0.25, 0.3) is 0 Å². The maximum Gasteiger partial charge on any atom is 0.217 e. The van der Waals surface area contributed by atoms with Crippen LogP contribution < -0.4 is 0 Å². The van der Waals surface area contributed by atoms with E-state index in [1.165, 1.54) is 5.56 Å². The second-order valence-corrected chi connectivity index (χ2v) is 8.98. The molecule has 4 heteroatoms. The SMILES string of the molecule is CC1(C)COC(c2[c]c(C3=NC(C)(C)CO3)cc(C(C)(C)C)c2)=N1. The summed E-state index contributed by atoms with van der Waals surface area (Å²) in [6, 6.07) is 7.64. The average molecular weight is 327 g/mol. The highest BCUT2D eigenvalue weighted by molar-refractivity contribution is 6.00. The van der Waals surface area contributed by atoms with Crippen molar-refractivity contribution in [3.63, 3.8) is 0 Å². The van der Waals surface area contributed by atoms with Crippen LogP contribution in [0.15, 0.2) is 22.1 Å². The highest BCUT2D eigenvalue weighted by Gasteiger charge is 2.31. The lowest BCUT2D eigenvalue weighted by molar-refractivity contribution is 0.278. The van der Waals surface area contributed by atoms with Gasteiger partial charge in [0.1, 0.15) is 13.2 Å². The summed E-state index contributed by atoms with van der Waals surface area (Å²) in [7, 11) is 0. The maximum atomic E-state index is 5.82. The van der Waals surface area contributed by atoms with Gasteiger partial charge in [-0.05, 0) is 50.8 Å². The van der Waals surface area contributed by atoms with Crippen LogP contribution in [0.2, 0.25) is 0 Å². The first kappa shape index (κ1) is 17.0. The molecule has 2 heterocycles. The first-order valence-corrected chi connectivity index (χ1v) is 8.49. The predicted octanol–water partition coefficient (Wildman–Crippen LogP) is 3.90. The fourth-order valence-electron chi connectivity index (χ4n) is 2.68. The molecule has 24 heavy (non-hydrogen) atoms. The average Bonchev–Trinajstić information content (AvgIpc) is 2.99. The molecular formula is C20H27N2O2. The van der Waals surface area contributed by atoms with Gasteiger partial charge < -0.3 is 9.47 Å². The first-order chi connectivity index (χ1) is 11.0. The molecule has 2 aliphatic heterocycles. The number of hydrogen-bond donors (Lipinski definition) is 0. The Morgan fingerprint density at radius 3 is 1.58 bits per heavy atom. The summed E-state index contributed by atoms with van der Waals surface area (Å²) in [5.74, 6) is 1.32. The zero-order valence-corrected chi connectivity index (χ0v) is 15.8. The van der Waals surface area contributed by atoms with Crippen molar-refractivity contribution in [1.82, 2.24) is 0 Å². The molecule has 2 aliphatic rings. The molecule has 129 valence electrons. The van der Waals surface area contributed by atoms with E-state index in [0.29, 0.717) is 25.0 Å².